The quantitative estimate of drug-likeness (QED) is 0.387. The van der Waals surface area contributed by atoms with Gasteiger partial charge in [0, 0.05) is 22.8 Å². The molecule has 1 aromatic heterocycles. The molecule has 3 aliphatic rings. The zero-order valence-corrected chi connectivity index (χ0v) is 19.6. The predicted octanol–water partition coefficient (Wildman–Crippen LogP) is 8.72. The zero-order chi connectivity index (χ0) is 23.8. The molecule has 2 nitrogen and oxygen atoms in total. The third-order valence-electron chi connectivity index (χ3n) is 8.16. The summed E-state index contributed by atoms with van der Waals surface area (Å²) in [6.45, 7) is 4.35. The number of fused-ring (bicyclic) bond motifs is 1. The van der Waals surface area contributed by atoms with Crippen LogP contribution >= 0.6 is 0 Å². The number of benzene rings is 2. The van der Waals surface area contributed by atoms with E-state index in [2.05, 4.69) is 41.3 Å². The molecule has 5 heteroatoms. The molecule has 0 radical (unpaired) electrons. The van der Waals surface area contributed by atoms with Crippen molar-refractivity contribution in [2.75, 3.05) is 5.32 Å². The minimum absolute atomic E-state index is 0.602. The second-order valence-corrected chi connectivity index (χ2v) is 10.6. The molecule has 2 N–H and O–H groups in total. The molecule has 3 aliphatic carbocycles. The maximum absolute atomic E-state index is 11.8. The maximum Gasteiger partial charge on any atom is 0.416 e. The Kier molecular flexibility index (Phi) is 6.22. The molecule has 3 aromatic rings. The van der Waals surface area contributed by atoms with Gasteiger partial charge in [0.15, 0.2) is 0 Å². The largest absolute Gasteiger partial charge is 0.416 e. The highest BCUT2D eigenvalue weighted by atomic mass is 19.4. The van der Waals surface area contributed by atoms with Gasteiger partial charge in [0.25, 0.3) is 0 Å². The third kappa shape index (κ3) is 4.89. The van der Waals surface area contributed by atoms with Crippen LogP contribution in [0.3, 0.4) is 0 Å². The van der Waals surface area contributed by atoms with Gasteiger partial charge in [0.2, 0.25) is 0 Å². The van der Waals surface area contributed by atoms with Gasteiger partial charge in [-0.05, 0) is 67.1 Å². The van der Waals surface area contributed by atoms with E-state index in [1.807, 2.05) is 0 Å². The summed E-state index contributed by atoms with van der Waals surface area (Å²) in [5, 5.41) is 4.96. The minimum atomic E-state index is -4.21. The van der Waals surface area contributed by atoms with Crippen LogP contribution in [0.25, 0.3) is 10.9 Å². The summed E-state index contributed by atoms with van der Waals surface area (Å²) in [4.78, 5) is 3.41. The number of hydrogen-bond acceptors (Lipinski definition) is 1. The van der Waals surface area contributed by atoms with Crippen LogP contribution in [-0.4, -0.2) is 4.98 Å². The molecule has 34 heavy (non-hydrogen) atoms. The molecule has 2 aromatic carbocycles. The van der Waals surface area contributed by atoms with Crippen molar-refractivity contribution >= 4 is 16.6 Å². The highest BCUT2D eigenvalue weighted by Gasteiger charge is 2.48. The van der Waals surface area contributed by atoms with Crippen LogP contribution < -0.4 is 5.32 Å². The standard InChI is InChI=1S/C22H28N2.C7H5F3/c1-15(18-12-22(13-18)8-3-9-22)24-21-14-23-20-7-6-17(11-19(20)21)10-16-4-2-5-16;8-7(9,10)6-4-2-1-3-5-6/h6-7,11,14,16,18,23-24H,1-5,8-10,12-13H2;1-5H. The van der Waals surface area contributed by atoms with Gasteiger partial charge in [-0.1, -0.05) is 68.7 Å². The Hall–Kier alpha value is -2.69. The van der Waals surface area contributed by atoms with Crippen LogP contribution in [-0.2, 0) is 12.6 Å². The van der Waals surface area contributed by atoms with Crippen LogP contribution in [0.15, 0.2) is 67.0 Å². The maximum atomic E-state index is 11.8. The summed E-state index contributed by atoms with van der Waals surface area (Å²) in [6.07, 6.45) is 10.5. The molecule has 1 heterocycles. The number of nitrogens with one attached hydrogen (secondary N) is 2. The number of halogens is 3. The van der Waals surface area contributed by atoms with E-state index in [9.17, 15) is 13.2 Å². The van der Waals surface area contributed by atoms with Gasteiger partial charge in [0.1, 0.15) is 0 Å². The Bertz CT molecular complexity index is 1130. The monoisotopic (exact) mass is 466 g/mol. The second-order valence-electron chi connectivity index (χ2n) is 10.6. The summed E-state index contributed by atoms with van der Waals surface area (Å²) in [7, 11) is 0. The van der Waals surface area contributed by atoms with E-state index in [1.165, 1.54) is 97.8 Å². The van der Waals surface area contributed by atoms with Crippen molar-refractivity contribution in [2.24, 2.45) is 17.3 Å². The fourth-order valence-electron chi connectivity index (χ4n) is 5.65. The average Bonchev–Trinajstić information content (AvgIpc) is 3.11. The number of allylic oxidation sites excluding steroid dienone is 1. The van der Waals surface area contributed by atoms with Crippen LogP contribution in [0.1, 0.15) is 62.5 Å². The summed E-state index contributed by atoms with van der Waals surface area (Å²) in [5.41, 5.74) is 5.25. The molecule has 3 saturated carbocycles. The molecule has 0 atom stereocenters. The fourth-order valence-corrected chi connectivity index (χ4v) is 5.65. The zero-order valence-electron chi connectivity index (χ0n) is 19.6. The topological polar surface area (TPSA) is 27.8 Å². The summed E-state index contributed by atoms with van der Waals surface area (Å²) >= 11 is 0. The number of anilines is 1. The molecule has 0 aliphatic heterocycles. The van der Waals surface area contributed by atoms with E-state index in [-0.39, 0.29) is 0 Å². The van der Waals surface area contributed by atoms with Crippen molar-refractivity contribution in [3.05, 3.63) is 78.1 Å². The number of hydrogen-bond donors (Lipinski definition) is 2. The van der Waals surface area contributed by atoms with Crippen molar-refractivity contribution in [1.29, 1.82) is 0 Å². The number of aromatic amines is 1. The number of alkyl halides is 3. The lowest BCUT2D eigenvalue weighted by Gasteiger charge is -2.54. The summed E-state index contributed by atoms with van der Waals surface area (Å²) < 4.78 is 35.4. The molecular formula is C29H33F3N2. The van der Waals surface area contributed by atoms with Crippen LogP contribution in [0.4, 0.5) is 18.9 Å². The first-order valence-electron chi connectivity index (χ1n) is 12.5. The lowest BCUT2D eigenvalue weighted by molar-refractivity contribution is -0.137. The first-order chi connectivity index (χ1) is 16.3. The van der Waals surface area contributed by atoms with Crippen molar-refractivity contribution in [3.63, 3.8) is 0 Å². The highest BCUT2D eigenvalue weighted by molar-refractivity contribution is 5.93. The Morgan fingerprint density at radius 2 is 1.76 bits per heavy atom. The average molecular weight is 467 g/mol. The normalized spacial score (nSPS) is 19.5. The molecule has 0 unspecified atom stereocenters. The highest BCUT2D eigenvalue weighted by Crippen LogP contribution is 2.60. The van der Waals surface area contributed by atoms with E-state index in [1.54, 1.807) is 6.07 Å². The summed E-state index contributed by atoms with van der Waals surface area (Å²) in [5.74, 6) is 1.59. The van der Waals surface area contributed by atoms with Gasteiger partial charge < -0.3 is 10.3 Å². The van der Waals surface area contributed by atoms with E-state index in [0.29, 0.717) is 11.3 Å². The predicted molar refractivity (Wildman–Crippen MR) is 133 cm³/mol. The van der Waals surface area contributed by atoms with Gasteiger partial charge in [-0.15, -0.1) is 0 Å². The van der Waals surface area contributed by atoms with Gasteiger partial charge in [0.05, 0.1) is 11.3 Å². The van der Waals surface area contributed by atoms with E-state index in [0.717, 1.165) is 18.1 Å². The van der Waals surface area contributed by atoms with E-state index in [4.69, 9.17) is 0 Å². The Morgan fingerprint density at radius 1 is 1.03 bits per heavy atom. The summed E-state index contributed by atoms with van der Waals surface area (Å²) in [6, 6.07) is 13.3. The molecular weight excluding hydrogens is 433 g/mol. The van der Waals surface area contributed by atoms with Crippen molar-refractivity contribution in [1.82, 2.24) is 4.98 Å². The van der Waals surface area contributed by atoms with Gasteiger partial charge in [-0.3, -0.25) is 0 Å². The Balaban J connectivity index is 0.000000204. The lowest BCUT2D eigenvalue weighted by atomic mass is 9.51. The molecule has 0 saturated heterocycles. The van der Waals surface area contributed by atoms with Crippen molar-refractivity contribution in [2.45, 2.75) is 64.0 Å². The van der Waals surface area contributed by atoms with Crippen molar-refractivity contribution in [3.8, 4) is 0 Å². The van der Waals surface area contributed by atoms with Crippen molar-refractivity contribution < 1.29 is 13.2 Å². The van der Waals surface area contributed by atoms with Gasteiger partial charge >= 0.3 is 6.18 Å². The van der Waals surface area contributed by atoms with Gasteiger partial charge in [-0.25, -0.2) is 0 Å². The smallest absolute Gasteiger partial charge is 0.359 e. The van der Waals surface area contributed by atoms with Gasteiger partial charge in [-0.2, -0.15) is 13.2 Å². The van der Waals surface area contributed by atoms with E-state index < -0.39 is 11.7 Å². The molecule has 1 spiro atoms. The third-order valence-corrected chi connectivity index (χ3v) is 8.16. The number of aromatic nitrogens is 1. The Labute approximate surface area is 199 Å². The lowest BCUT2D eigenvalue weighted by Crippen LogP contribution is -2.44. The first-order valence-corrected chi connectivity index (χ1v) is 12.5. The first kappa shape index (κ1) is 23.1. The SMILES string of the molecule is C=C(Nc1c[nH]c2ccc(CC3CCC3)cc12)C1CC2(CCC2)C1.FC(F)(F)c1ccccc1. The van der Waals surface area contributed by atoms with Crippen LogP contribution in [0.5, 0.6) is 0 Å². The molecule has 0 bridgehead atoms. The molecule has 0 amide bonds. The fraction of sp³-hybridized carbons (Fsp3) is 0.448. The van der Waals surface area contributed by atoms with Crippen LogP contribution in [0, 0.1) is 17.3 Å². The molecule has 3 fully saturated rings. The molecule has 180 valence electrons. The molecule has 6 rings (SSSR count). The minimum Gasteiger partial charge on any atom is -0.359 e. The number of H-pyrrole nitrogens is 1. The van der Waals surface area contributed by atoms with E-state index >= 15 is 0 Å². The van der Waals surface area contributed by atoms with Crippen LogP contribution in [0.2, 0.25) is 0 Å². The second kappa shape index (κ2) is 9.16. The Morgan fingerprint density at radius 3 is 2.32 bits per heavy atom. The number of rotatable bonds is 5.